The Morgan fingerprint density at radius 2 is 1.90 bits per heavy atom. The summed E-state index contributed by atoms with van der Waals surface area (Å²) in [7, 11) is 0. The van der Waals surface area contributed by atoms with Gasteiger partial charge in [-0.1, -0.05) is 32.6 Å². The van der Waals surface area contributed by atoms with Gasteiger partial charge in [0.1, 0.15) is 5.54 Å². The molecule has 1 aliphatic heterocycles. The van der Waals surface area contributed by atoms with Gasteiger partial charge >= 0.3 is 12.0 Å². The van der Waals surface area contributed by atoms with E-state index in [9.17, 15) is 14.7 Å². The Balaban J connectivity index is 2.07. The summed E-state index contributed by atoms with van der Waals surface area (Å²) in [5.41, 5.74) is -1.03. The topological polar surface area (TPSA) is 69.6 Å². The molecule has 0 aromatic carbocycles. The number of carboxylic acid groups (broad SMARTS) is 1. The average molecular weight is 282 g/mol. The van der Waals surface area contributed by atoms with Crippen molar-refractivity contribution in [3.8, 4) is 0 Å². The van der Waals surface area contributed by atoms with Gasteiger partial charge in [0, 0.05) is 12.6 Å². The molecule has 5 nitrogen and oxygen atoms in total. The highest BCUT2D eigenvalue weighted by Crippen LogP contribution is 2.30. The lowest BCUT2D eigenvalue weighted by atomic mass is 9.98. The van der Waals surface area contributed by atoms with Gasteiger partial charge < -0.3 is 15.3 Å². The molecule has 1 atom stereocenters. The van der Waals surface area contributed by atoms with E-state index in [0.717, 1.165) is 51.5 Å². The van der Waals surface area contributed by atoms with Gasteiger partial charge in [-0.25, -0.2) is 9.59 Å². The summed E-state index contributed by atoms with van der Waals surface area (Å²) in [6.07, 6.45) is 8.17. The number of aliphatic carboxylic acids is 1. The molecule has 5 heteroatoms. The fourth-order valence-electron chi connectivity index (χ4n) is 3.52. The Morgan fingerprint density at radius 1 is 1.20 bits per heavy atom. The number of nitrogens with zero attached hydrogens (tertiary/aromatic N) is 1. The smallest absolute Gasteiger partial charge is 0.329 e. The second-order valence-corrected chi connectivity index (χ2v) is 6.13. The van der Waals surface area contributed by atoms with Crippen LogP contribution in [0.1, 0.15) is 64.7 Å². The van der Waals surface area contributed by atoms with Crippen molar-refractivity contribution in [1.82, 2.24) is 10.2 Å². The summed E-state index contributed by atoms with van der Waals surface area (Å²) in [6, 6.07) is 0.0767. The van der Waals surface area contributed by atoms with E-state index in [1.807, 2.05) is 4.90 Å². The van der Waals surface area contributed by atoms with E-state index in [0.29, 0.717) is 12.8 Å². The molecule has 1 aliphatic carbocycles. The van der Waals surface area contributed by atoms with Gasteiger partial charge in [-0.15, -0.1) is 0 Å². The maximum Gasteiger partial charge on any atom is 0.329 e. The van der Waals surface area contributed by atoms with Crippen LogP contribution in [0.15, 0.2) is 0 Å². The predicted octanol–water partition coefficient (Wildman–Crippen LogP) is 2.75. The number of carbonyl (C=O) groups is 2. The molecule has 0 bridgehead atoms. The molecule has 0 radical (unpaired) electrons. The van der Waals surface area contributed by atoms with Crippen LogP contribution in [0.5, 0.6) is 0 Å². The Hall–Kier alpha value is -1.26. The molecule has 1 saturated heterocycles. The third-order valence-electron chi connectivity index (χ3n) is 4.82. The summed E-state index contributed by atoms with van der Waals surface area (Å²) < 4.78 is 0. The SMILES string of the molecule is CCC1CCCCCN1C(=O)NC1(C(=O)O)CCCC1. The van der Waals surface area contributed by atoms with E-state index in [2.05, 4.69) is 12.2 Å². The van der Waals surface area contributed by atoms with Crippen molar-refractivity contribution in [3.63, 3.8) is 0 Å². The fraction of sp³-hybridized carbons (Fsp3) is 0.867. The molecule has 20 heavy (non-hydrogen) atoms. The van der Waals surface area contributed by atoms with E-state index in [-0.39, 0.29) is 12.1 Å². The first-order valence-corrected chi connectivity index (χ1v) is 7.91. The third kappa shape index (κ3) is 3.07. The number of nitrogens with one attached hydrogen (secondary N) is 1. The molecule has 1 heterocycles. The average Bonchev–Trinajstić information content (AvgIpc) is 2.76. The maximum atomic E-state index is 12.5. The van der Waals surface area contributed by atoms with E-state index >= 15 is 0 Å². The standard InChI is InChI=1S/C15H26N2O3/c1-2-12-8-4-3-7-11-17(12)14(20)16-15(13(18)19)9-5-6-10-15/h12H,2-11H2,1H3,(H,16,20)(H,18,19). The highest BCUT2D eigenvalue weighted by Gasteiger charge is 2.43. The van der Waals surface area contributed by atoms with Crippen LogP contribution in [0, 0.1) is 0 Å². The minimum absolute atomic E-state index is 0.178. The largest absolute Gasteiger partial charge is 0.480 e. The molecule has 2 aliphatic rings. The molecule has 2 N–H and O–H groups in total. The first-order valence-electron chi connectivity index (χ1n) is 7.91. The van der Waals surface area contributed by atoms with Crippen molar-refractivity contribution in [2.75, 3.05) is 6.54 Å². The van der Waals surface area contributed by atoms with Crippen LogP contribution < -0.4 is 5.32 Å². The lowest BCUT2D eigenvalue weighted by Gasteiger charge is -2.34. The van der Waals surface area contributed by atoms with E-state index in [4.69, 9.17) is 0 Å². The van der Waals surface area contributed by atoms with Crippen LogP contribution in [-0.2, 0) is 4.79 Å². The number of carboxylic acids is 1. The van der Waals surface area contributed by atoms with Crippen LogP contribution in [-0.4, -0.2) is 40.1 Å². The molecule has 114 valence electrons. The van der Waals surface area contributed by atoms with E-state index < -0.39 is 11.5 Å². The first kappa shape index (κ1) is 15.1. The zero-order chi connectivity index (χ0) is 14.6. The summed E-state index contributed by atoms with van der Waals surface area (Å²) in [6.45, 7) is 2.85. The highest BCUT2D eigenvalue weighted by molar-refractivity contribution is 5.86. The number of rotatable bonds is 3. The van der Waals surface area contributed by atoms with Crippen LogP contribution in [0.2, 0.25) is 0 Å². The molecule has 0 aromatic heterocycles. The lowest BCUT2D eigenvalue weighted by molar-refractivity contribution is -0.144. The van der Waals surface area contributed by atoms with Crippen LogP contribution >= 0.6 is 0 Å². The van der Waals surface area contributed by atoms with Crippen LogP contribution in [0.3, 0.4) is 0 Å². The fourth-order valence-corrected chi connectivity index (χ4v) is 3.52. The predicted molar refractivity (Wildman–Crippen MR) is 76.6 cm³/mol. The number of amides is 2. The van der Waals surface area contributed by atoms with E-state index in [1.165, 1.54) is 0 Å². The second kappa shape index (κ2) is 6.46. The first-order chi connectivity index (χ1) is 9.59. The highest BCUT2D eigenvalue weighted by atomic mass is 16.4. The Labute approximate surface area is 120 Å². The van der Waals surface area contributed by atoms with Gasteiger partial charge in [0.15, 0.2) is 0 Å². The van der Waals surface area contributed by atoms with Gasteiger partial charge in [0.25, 0.3) is 0 Å². The number of hydrogen-bond donors (Lipinski definition) is 2. The molecular formula is C15H26N2O3. The van der Waals surface area contributed by atoms with Gasteiger partial charge in [-0.3, -0.25) is 0 Å². The molecule has 1 saturated carbocycles. The van der Waals surface area contributed by atoms with Crippen molar-refractivity contribution in [1.29, 1.82) is 0 Å². The lowest BCUT2D eigenvalue weighted by Crippen LogP contribution is -2.58. The molecule has 1 unspecified atom stereocenters. The molecule has 2 fully saturated rings. The van der Waals surface area contributed by atoms with Crippen LogP contribution in [0.25, 0.3) is 0 Å². The minimum atomic E-state index is -1.03. The number of urea groups is 1. The third-order valence-corrected chi connectivity index (χ3v) is 4.82. The monoisotopic (exact) mass is 282 g/mol. The summed E-state index contributed by atoms with van der Waals surface area (Å²) in [5.74, 6) is -0.883. The van der Waals surface area contributed by atoms with Crippen molar-refractivity contribution < 1.29 is 14.7 Å². The Bertz CT molecular complexity index is 364. The van der Waals surface area contributed by atoms with Gasteiger partial charge in [-0.05, 0) is 32.1 Å². The molecular weight excluding hydrogens is 256 g/mol. The summed E-state index contributed by atoms with van der Waals surface area (Å²) in [4.78, 5) is 25.9. The van der Waals surface area contributed by atoms with Crippen LogP contribution in [0.4, 0.5) is 4.79 Å². The van der Waals surface area contributed by atoms with E-state index in [1.54, 1.807) is 0 Å². The number of likely N-dealkylation sites (tertiary alicyclic amines) is 1. The van der Waals surface area contributed by atoms with Crippen molar-refractivity contribution in [3.05, 3.63) is 0 Å². The Kier molecular flexibility index (Phi) is 4.89. The quantitative estimate of drug-likeness (QED) is 0.836. The van der Waals surface area contributed by atoms with Crippen molar-refractivity contribution in [2.24, 2.45) is 0 Å². The number of carbonyl (C=O) groups excluding carboxylic acids is 1. The molecule has 2 rings (SSSR count). The molecule has 2 amide bonds. The zero-order valence-corrected chi connectivity index (χ0v) is 12.4. The normalized spacial score (nSPS) is 26.1. The van der Waals surface area contributed by atoms with Crippen molar-refractivity contribution >= 4 is 12.0 Å². The molecule has 0 aromatic rings. The zero-order valence-electron chi connectivity index (χ0n) is 12.4. The summed E-state index contributed by atoms with van der Waals surface area (Å²) >= 11 is 0. The second-order valence-electron chi connectivity index (χ2n) is 6.13. The van der Waals surface area contributed by atoms with Gasteiger partial charge in [-0.2, -0.15) is 0 Å². The number of hydrogen-bond acceptors (Lipinski definition) is 2. The summed E-state index contributed by atoms with van der Waals surface area (Å²) in [5, 5.41) is 12.3. The van der Waals surface area contributed by atoms with Gasteiger partial charge in [0.2, 0.25) is 0 Å². The van der Waals surface area contributed by atoms with Crippen molar-refractivity contribution in [2.45, 2.75) is 76.3 Å². The maximum absolute atomic E-state index is 12.5. The minimum Gasteiger partial charge on any atom is -0.480 e. The van der Waals surface area contributed by atoms with Gasteiger partial charge in [0.05, 0.1) is 0 Å². The molecule has 0 spiro atoms. The Morgan fingerprint density at radius 3 is 2.50 bits per heavy atom.